The molecule has 0 aliphatic rings. The van der Waals surface area contributed by atoms with Crippen molar-refractivity contribution in [1.82, 2.24) is 15.1 Å². The van der Waals surface area contributed by atoms with Crippen molar-refractivity contribution in [2.45, 2.75) is 6.54 Å². The molecule has 0 aliphatic carbocycles. The normalized spacial score (nSPS) is 10.2. The van der Waals surface area contributed by atoms with E-state index in [1.807, 2.05) is 0 Å². The molecular weight excluding hydrogens is 248 g/mol. The van der Waals surface area contributed by atoms with Gasteiger partial charge in [-0.05, 0) is 12.1 Å². The van der Waals surface area contributed by atoms with Gasteiger partial charge in [-0.2, -0.15) is 5.10 Å². The van der Waals surface area contributed by atoms with E-state index in [9.17, 15) is 14.9 Å². The highest BCUT2D eigenvalue weighted by molar-refractivity contribution is 5.94. The van der Waals surface area contributed by atoms with E-state index in [4.69, 9.17) is 0 Å². The monoisotopic (exact) mass is 260 g/mol. The maximum absolute atomic E-state index is 12.1. The van der Waals surface area contributed by atoms with Gasteiger partial charge in [0.05, 0.1) is 11.1 Å². The molecule has 98 valence electrons. The van der Waals surface area contributed by atoms with Crippen LogP contribution in [-0.2, 0) is 6.54 Å². The van der Waals surface area contributed by atoms with Gasteiger partial charge in [-0.1, -0.05) is 0 Å². The Kier molecular flexibility index (Phi) is 3.56. The fourth-order valence-electron chi connectivity index (χ4n) is 1.66. The number of benzene rings is 1. The zero-order valence-corrected chi connectivity index (χ0v) is 10.2. The molecule has 0 spiro atoms. The van der Waals surface area contributed by atoms with E-state index in [0.717, 1.165) is 5.56 Å². The Balaban J connectivity index is 2.08. The SMILES string of the molecule is CN(Cc1cn[nH]c1)C(=O)c1ccc([N+](=O)[O-])cc1. The second-order valence-corrected chi connectivity index (χ2v) is 4.07. The predicted molar refractivity (Wildman–Crippen MR) is 67.5 cm³/mol. The molecule has 0 saturated carbocycles. The number of hydrogen-bond donors (Lipinski definition) is 1. The van der Waals surface area contributed by atoms with Crippen LogP contribution in [-0.4, -0.2) is 33.0 Å². The van der Waals surface area contributed by atoms with Crippen molar-refractivity contribution in [1.29, 1.82) is 0 Å². The molecule has 1 heterocycles. The number of nitrogens with zero attached hydrogens (tertiary/aromatic N) is 3. The lowest BCUT2D eigenvalue weighted by Crippen LogP contribution is -2.25. The average Bonchev–Trinajstić information content (AvgIpc) is 2.90. The Labute approximate surface area is 109 Å². The van der Waals surface area contributed by atoms with Crippen molar-refractivity contribution < 1.29 is 9.72 Å². The van der Waals surface area contributed by atoms with E-state index in [-0.39, 0.29) is 11.6 Å². The van der Waals surface area contributed by atoms with E-state index in [1.54, 1.807) is 19.4 Å². The van der Waals surface area contributed by atoms with Crippen molar-refractivity contribution in [2.75, 3.05) is 7.05 Å². The maximum atomic E-state index is 12.1. The van der Waals surface area contributed by atoms with Crippen LogP contribution in [0.1, 0.15) is 15.9 Å². The summed E-state index contributed by atoms with van der Waals surface area (Å²) in [6.07, 6.45) is 3.35. The van der Waals surface area contributed by atoms with Gasteiger partial charge in [-0.15, -0.1) is 0 Å². The Morgan fingerprint density at radius 3 is 2.63 bits per heavy atom. The highest BCUT2D eigenvalue weighted by atomic mass is 16.6. The predicted octanol–water partition coefficient (Wildman–Crippen LogP) is 1.59. The summed E-state index contributed by atoms with van der Waals surface area (Å²) in [5, 5.41) is 17.0. The number of hydrogen-bond acceptors (Lipinski definition) is 4. The Bertz CT molecular complexity index is 578. The lowest BCUT2D eigenvalue weighted by atomic mass is 10.2. The van der Waals surface area contributed by atoms with Crippen LogP contribution in [0, 0.1) is 10.1 Å². The van der Waals surface area contributed by atoms with Gasteiger partial charge in [0.1, 0.15) is 0 Å². The summed E-state index contributed by atoms with van der Waals surface area (Å²) in [5.41, 5.74) is 1.27. The van der Waals surface area contributed by atoms with Crippen LogP contribution in [0.2, 0.25) is 0 Å². The largest absolute Gasteiger partial charge is 0.337 e. The number of nitro benzene ring substituents is 1. The molecule has 7 nitrogen and oxygen atoms in total. The van der Waals surface area contributed by atoms with Crippen LogP contribution in [0.15, 0.2) is 36.7 Å². The Morgan fingerprint density at radius 1 is 1.42 bits per heavy atom. The molecule has 0 unspecified atom stereocenters. The Morgan fingerprint density at radius 2 is 2.11 bits per heavy atom. The van der Waals surface area contributed by atoms with Gasteiger partial charge >= 0.3 is 0 Å². The average molecular weight is 260 g/mol. The van der Waals surface area contributed by atoms with Gasteiger partial charge in [0.25, 0.3) is 11.6 Å². The van der Waals surface area contributed by atoms with E-state index in [1.165, 1.54) is 29.2 Å². The highest BCUT2D eigenvalue weighted by Gasteiger charge is 2.14. The summed E-state index contributed by atoms with van der Waals surface area (Å²) in [4.78, 5) is 23.6. The minimum Gasteiger partial charge on any atom is -0.337 e. The first-order valence-corrected chi connectivity index (χ1v) is 5.55. The number of nitrogens with one attached hydrogen (secondary N) is 1. The van der Waals surface area contributed by atoms with Crippen molar-refractivity contribution in [3.05, 3.63) is 57.9 Å². The molecule has 1 aromatic carbocycles. The smallest absolute Gasteiger partial charge is 0.269 e. The summed E-state index contributed by atoms with van der Waals surface area (Å²) in [5.74, 6) is -0.198. The third-order valence-corrected chi connectivity index (χ3v) is 2.65. The number of carbonyl (C=O) groups is 1. The first-order chi connectivity index (χ1) is 9.08. The zero-order chi connectivity index (χ0) is 13.8. The molecule has 2 aromatic rings. The molecule has 0 aliphatic heterocycles. The summed E-state index contributed by atoms with van der Waals surface area (Å²) in [6, 6.07) is 5.54. The third kappa shape index (κ3) is 2.95. The van der Waals surface area contributed by atoms with Crippen molar-refractivity contribution in [3.63, 3.8) is 0 Å². The summed E-state index contributed by atoms with van der Waals surface area (Å²) in [7, 11) is 1.66. The van der Waals surface area contributed by atoms with Gasteiger partial charge < -0.3 is 4.90 Å². The van der Waals surface area contributed by atoms with Crippen molar-refractivity contribution in [2.24, 2.45) is 0 Å². The summed E-state index contributed by atoms with van der Waals surface area (Å²) >= 11 is 0. The maximum Gasteiger partial charge on any atom is 0.269 e. The molecule has 0 fully saturated rings. The van der Waals surface area contributed by atoms with Crippen molar-refractivity contribution >= 4 is 11.6 Å². The fourth-order valence-corrected chi connectivity index (χ4v) is 1.66. The van der Waals surface area contributed by atoms with E-state index >= 15 is 0 Å². The molecule has 19 heavy (non-hydrogen) atoms. The molecule has 1 amide bonds. The van der Waals surface area contributed by atoms with Gasteiger partial charge in [-0.25, -0.2) is 0 Å². The van der Waals surface area contributed by atoms with E-state index in [2.05, 4.69) is 10.2 Å². The molecule has 1 aromatic heterocycles. The van der Waals surface area contributed by atoms with Crippen molar-refractivity contribution in [3.8, 4) is 0 Å². The van der Waals surface area contributed by atoms with Gasteiger partial charge in [-0.3, -0.25) is 20.0 Å². The summed E-state index contributed by atoms with van der Waals surface area (Å²) in [6.45, 7) is 0.423. The lowest BCUT2D eigenvalue weighted by molar-refractivity contribution is -0.384. The zero-order valence-electron chi connectivity index (χ0n) is 10.2. The number of non-ortho nitro benzene ring substituents is 1. The number of nitro groups is 1. The number of rotatable bonds is 4. The number of carbonyl (C=O) groups excluding carboxylic acids is 1. The molecule has 0 radical (unpaired) electrons. The molecule has 0 bridgehead atoms. The number of aromatic amines is 1. The Hall–Kier alpha value is -2.70. The molecule has 0 atom stereocenters. The number of amides is 1. The van der Waals surface area contributed by atoms with Gasteiger partial charge in [0, 0.05) is 43.0 Å². The topological polar surface area (TPSA) is 92.1 Å². The minimum atomic E-state index is -0.497. The number of aromatic nitrogens is 2. The first-order valence-electron chi connectivity index (χ1n) is 5.55. The van der Waals surface area contributed by atoms with Crippen LogP contribution in [0.3, 0.4) is 0 Å². The molecule has 7 heteroatoms. The second-order valence-electron chi connectivity index (χ2n) is 4.07. The number of H-pyrrole nitrogens is 1. The lowest BCUT2D eigenvalue weighted by Gasteiger charge is -2.15. The molecule has 0 saturated heterocycles. The van der Waals surface area contributed by atoms with Crippen LogP contribution >= 0.6 is 0 Å². The third-order valence-electron chi connectivity index (χ3n) is 2.65. The van der Waals surface area contributed by atoms with Crippen LogP contribution < -0.4 is 0 Å². The second kappa shape index (κ2) is 5.30. The standard InChI is InChI=1S/C12H12N4O3/c1-15(8-9-6-13-14-7-9)12(17)10-2-4-11(5-3-10)16(18)19/h2-7H,8H2,1H3,(H,13,14). The minimum absolute atomic E-state index is 0.0333. The summed E-state index contributed by atoms with van der Waals surface area (Å²) < 4.78 is 0. The van der Waals surface area contributed by atoms with Crippen LogP contribution in [0.25, 0.3) is 0 Å². The van der Waals surface area contributed by atoms with Crippen LogP contribution in [0.4, 0.5) is 5.69 Å². The fraction of sp³-hybridized carbons (Fsp3) is 0.167. The van der Waals surface area contributed by atoms with Gasteiger partial charge in [0.15, 0.2) is 0 Å². The highest BCUT2D eigenvalue weighted by Crippen LogP contribution is 2.14. The molecular formula is C12H12N4O3. The molecule has 1 N–H and O–H groups in total. The van der Waals surface area contributed by atoms with E-state index in [0.29, 0.717) is 12.1 Å². The van der Waals surface area contributed by atoms with Crippen LogP contribution in [0.5, 0.6) is 0 Å². The quantitative estimate of drug-likeness (QED) is 0.667. The van der Waals surface area contributed by atoms with E-state index < -0.39 is 4.92 Å². The molecule has 2 rings (SSSR count). The van der Waals surface area contributed by atoms with Gasteiger partial charge in [0.2, 0.25) is 0 Å². The first kappa shape index (κ1) is 12.7.